The standard InChI is InChI=1S/C6H12ClN/c1-5-2-3-8-6(7)4-5/h5-6,8H,2-4H2,1H3. The lowest BCUT2D eigenvalue weighted by Gasteiger charge is -2.22. The minimum atomic E-state index is 0.235. The van der Waals surface area contributed by atoms with Crippen LogP contribution in [0.2, 0.25) is 0 Å². The summed E-state index contributed by atoms with van der Waals surface area (Å²) in [6.07, 6.45) is 2.41. The zero-order valence-electron chi connectivity index (χ0n) is 5.15. The van der Waals surface area contributed by atoms with E-state index >= 15 is 0 Å². The molecule has 2 heteroatoms. The van der Waals surface area contributed by atoms with Crippen LogP contribution in [0.25, 0.3) is 0 Å². The van der Waals surface area contributed by atoms with Crippen LogP contribution in [-0.4, -0.2) is 12.0 Å². The maximum absolute atomic E-state index is 5.80. The van der Waals surface area contributed by atoms with E-state index in [4.69, 9.17) is 11.6 Å². The van der Waals surface area contributed by atoms with Crippen LogP contribution in [0.15, 0.2) is 0 Å². The molecule has 1 rings (SSSR count). The molecule has 2 unspecified atom stereocenters. The minimum absolute atomic E-state index is 0.235. The van der Waals surface area contributed by atoms with Crippen molar-refractivity contribution in [1.82, 2.24) is 5.32 Å². The zero-order chi connectivity index (χ0) is 5.98. The van der Waals surface area contributed by atoms with Crippen LogP contribution in [0.3, 0.4) is 0 Å². The second kappa shape index (κ2) is 2.70. The fraction of sp³-hybridized carbons (Fsp3) is 1.00. The molecule has 0 bridgehead atoms. The maximum atomic E-state index is 5.80. The first kappa shape index (κ1) is 6.37. The highest BCUT2D eigenvalue weighted by Crippen LogP contribution is 2.16. The van der Waals surface area contributed by atoms with Gasteiger partial charge in [0.05, 0.1) is 5.50 Å². The largest absolute Gasteiger partial charge is 0.301 e. The highest BCUT2D eigenvalue weighted by molar-refractivity contribution is 6.20. The van der Waals surface area contributed by atoms with E-state index in [1.807, 2.05) is 0 Å². The smallest absolute Gasteiger partial charge is 0.0828 e. The van der Waals surface area contributed by atoms with Gasteiger partial charge in [0.1, 0.15) is 0 Å². The Labute approximate surface area is 55.4 Å². The van der Waals surface area contributed by atoms with Gasteiger partial charge in [0.15, 0.2) is 0 Å². The minimum Gasteiger partial charge on any atom is -0.301 e. The Hall–Kier alpha value is 0.250. The van der Waals surface area contributed by atoms with Gasteiger partial charge in [-0.2, -0.15) is 0 Å². The first-order valence-electron chi connectivity index (χ1n) is 3.16. The summed E-state index contributed by atoms with van der Waals surface area (Å²) in [6, 6.07) is 0. The highest BCUT2D eigenvalue weighted by atomic mass is 35.5. The molecule has 48 valence electrons. The van der Waals surface area contributed by atoms with Crippen LogP contribution in [0.4, 0.5) is 0 Å². The van der Waals surface area contributed by atoms with E-state index in [1.54, 1.807) is 0 Å². The van der Waals surface area contributed by atoms with Gasteiger partial charge < -0.3 is 5.32 Å². The van der Waals surface area contributed by atoms with Crippen molar-refractivity contribution in [2.45, 2.75) is 25.3 Å². The third kappa shape index (κ3) is 1.64. The van der Waals surface area contributed by atoms with Crippen LogP contribution in [0.5, 0.6) is 0 Å². The van der Waals surface area contributed by atoms with Gasteiger partial charge in [0.2, 0.25) is 0 Å². The molecule has 1 aliphatic rings. The molecule has 1 saturated heterocycles. The molecule has 8 heavy (non-hydrogen) atoms. The Balaban J connectivity index is 2.23. The van der Waals surface area contributed by atoms with Gasteiger partial charge in [-0.3, -0.25) is 0 Å². The maximum Gasteiger partial charge on any atom is 0.0828 e. The second-order valence-corrected chi connectivity index (χ2v) is 3.08. The first-order chi connectivity index (χ1) is 3.79. The van der Waals surface area contributed by atoms with Crippen molar-refractivity contribution in [3.63, 3.8) is 0 Å². The van der Waals surface area contributed by atoms with Crippen molar-refractivity contribution in [3.05, 3.63) is 0 Å². The predicted molar refractivity (Wildman–Crippen MR) is 36.0 cm³/mol. The number of hydrogen-bond donors (Lipinski definition) is 1. The summed E-state index contributed by atoms with van der Waals surface area (Å²) in [4.78, 5) is 0. The van der Waals surface area contributed by atoms with Gasteiger partial charge in [0.25, 0.3) is 0 Å². The molecule has 0 aromatic heterocycles. The summed E-state index contributed by atoms with van der Waals surface area (Å²) in [6.45, 7) is 3.34. The normalized spacial score (nSPS) is 39.8. The van der Waals surface area contributed by atoms with Crippen molar-refractivity contribution in [3.8, 4) is 0 Å². The molecule has 1 nitrogen and oxygen atoms in total. The van der Waals surface area contributed by atoms with Crippen molar-refractivity contribution in [2.75, 3.05) is 6.54 Å². The predicted octanol–water partition coefficient (Wildman–Crippen LogP) is 1.57. The van der Waals surface area contributed by atoms with Crippen LogP contribution < -0.4 is 5.32 Å². The fourth-order valence-corrected chi connectivity index (χ4v) is 1.45. The monoisotopic (exact) mass is 133 g/mol. The van der Waals surface area contributed by atoms with Gasteiger partial charge in [-0.05, 0) is 25.3 Å². The Morgan fingerprint density at radius 1 is 1.62 bits per heavy atom. The third-order valence-electron chi connectivity index (χ3n) is 1.61. The van der Waals surface area contributed by atoms with Crippen molar-refractivity contribution in [2.24, 2.45) is 5.92 Å². The molecule has 0 aromatic carbocycles. The molecule has 1 N–H and O–H groups in total. The van der Waals surface area contributed by atoms with Crippen LogP contribution >= 0.6 is 11.6 Å². The Kier molecular flexibility index (Phi) is 2.15. The van der Waals surface area contributed by atoms with Crippen molar-refractivity contribution < 1.29 is 0 Å². The summed E-state index contributed by atoms with van der Waals surface area (Å²) in [7, 11) is 0. The number of piperidine rings is 1. The molecule has 1 aliphatic heterocycles. The molecule has 0 amide bonds. The summed E-state index contributed by atoms with van der Waals surface area (Å²) in [5.41, 5.74) is 0.235. The molecule has 0 aliphatic carbocycles. The summed E-state index contributed by atoms with van der Waals surface area (Å²) < 4.78 is 0. The van der Waals surface area contributed by atoms with Crippen LogP contribution in [0.1, 0.15) is 19.8 Å². The molecule has 1 fully saturated rings. The van der Waals surface area contributed by atoms with Gasteiger partial charge in [0, 0.05) is 0 Å². The van der Waals surface area contributed by atoms with E-state index in [9.17, 15) is 0 Å². The number of rotatable bonds is 0. The second-order valence-electron chi connectivity index (χ2n) is 2.55. The molecule has 0 saturated carbocycles. The van der Waals surface area contributed by atoms with Gasteiger partial charge in [-0.1, -0.05) is 6.92 Å². The highest BCUT2D eigenvalue weighted by Gasteiger charge is 2.14. The van der Waals surface area contributed by atoms with Crippen LogP contribution in [-0.2, 0) is 0 Å². The molecule has 0 spiro atoms. The SMILES string of the molecule is CC1CCNC(Cl)C1. The van der Waals surface area contributed by atoms with Gasteiger partial charge in [-0.25, -0.2) is 0 Å². The average Bonchev–Trinajstić information content (AvgIpc) is 1.64. The molecular formula is C6H12ClN. The van der Waals surface area contributed by atoms with Crippen molar-refractivity contribution >= 4 is 11.6 Å². The van der Waals surface area contributed by atoms with E-state index in [0.717, 1.165) is 18.9 Å². The Morgan fingerprint density at radius 2 is 2.38 bits per heavy atom. The lowest BCUT2D eigenvalue weighted by molar-refractivity contribution is 0.378. The number of hydrogen-bond acceptors (Lipinski definition) is 1. The number of halogens is 1. The Morgan fingerprint density at radius 3 is 2.75 bits per heavy atom. The van der Waals surface area contributed by atoms with Gasteiger partial charge >= 0.3 is 0 Å². The average molecular weight is 134 g/mol. The fourth-order valence-electron chi connectivity index (χ4n) is 1.04. The van der Waals surface area contributed by atoms with Gasteiger partial charge in [-0.15, -0.1) is 11.6 Å². The molecular weight excluding hydrogens is 122 g/mol. The van der Waals surface area contributed by atoms with E-state index in [-0.39, 0.29) is 5.50 Å². The van der Waals surface area contributed by atoms with E-state index in [0.29, 0.717) is 0 Å². The van der Waals surface area contributed by atoms with E-state index in [1.165, 1.54) is 6.42 Å². The lowest BCUT2D eigenvalue weighted by atomic mass is 10.0. The first-order valence-corrected chi connectivity index (χ1v) is 3.60. The third-order valence-corrected chi connectivity index (χ3v) is 1.94. The van der Waals surface area contributed by atoms with E-state index < -0.39 is 0 Å². The van der Waals surface area contributed by atoms with E-state index in [2.05, 4.69) is 12.2 Å². The number of nitrogens with one attached hydrogen (secondary N) is 1. The van der Waals surface area contributed by atoms with Crippen LogP contribution in [0, 0.1) is 5.92 Å². The summed E-state index contributed by atoms with van der Waals surface area (Å²) >= 11 is 5.80. The molecule has 1 heterocycles. The molecule has 0 aromatic rings. The topological polar surface area (TPSA) is 12.0 Å². The summed E-state index contributed by atoms with van der Waals surface area (Å²) in [5, 5.41) is 3.18. The zero-order valence-corrected chi connectivity index (χ0v) is 5.91. The Bertz CT molecular complexity index is 66.9. The molecule has 2 atom stereocenters. The van der Waals surface area contributed by atoms with Crippen molar-refractivity contribution in [1.29, 1.82) is 0 Å². The molecule has 0 radical (unpaired) electrons. The lowest BCUT2D eigenvalue weighted by Crippen LogP contribution is -2.32. The number of alkyl halides is 1. The quantitative estimate of drug-likeness (QED) is 0.391. The summed E-state index contributed by atoms with van der Waals surface area (Å²) in [5.74, 6) is 0.818.